The van der Waals surface area contributed by atoms with Crippen molar-refractivity contribution in [3.63, 3.8) is 0 Å². The summed E-state index contributed by atoms with van der Waals surface area (Å²) in [4.78, 5) is 15.3. The van der Waals surface area contributed by atoms with E-state index in [0.29, 0.717) is 33.2 Å². The van der Waals surface area contributed by atoms with Crippen molar-refractivity contribution >= 4 is 29.0 Å². The predicted octanol–water partition coefficient (Wildman–Crippen LogP) is 3.71. The van der Waals surface area contributed by atoms with E-state index in [1.165, 1.54) is 6.07 Å². The Balaban J connectivity index is 2.19. The quantitative estimate of drug-likeness (QED) is 0.825. The highest BCUT2D eigenvalue weighted by atomic mass is 35.5. The number of aliphatic carboxylic acids is 1. The van der Waals surface area contributed by atoms with Crippen molar-refractivity contribution < 1.29 is 14.3 Å². The summed E-state index contributed by atoms with van der Waals surface area (Å²) in [5.74, 6) is -1.48. The van der Waals surface area contributed by atoms with Gasteiger partial charge in [-0.1, -0.05) is 23.7 Å². The third-order valence-corrected chi connectivity index (χ3v) is 3.60. The van der Waals surface area contributed by atoms with Crippen molar-refractivity contribution in [1.82, 2.24) is 0 Å². The molecule has 0 bridgehead atoms. The van der Waals surface area contributed by atoms with Crippen LogP contribution in [0.15, 0.2) is 59.2 Å². The molecule has 0 spiro atoms. The summed E-state index contributed by atoms with van der Waals surface area (Å²) in [6.45, 7) is 0.0995. The molecule has 0 saturated heterocycles. The van der Waals surface area contributed by atoms with Gasteiger partial charge in [0.05, 0.1) is 12.3 Å². The molecule has 6 heteroatoms. The molecule has 0 amide bonds. The van der Waals surface area contributed by atoms with Crippen molar-refractivity contribution in [2.24, 2.45) is 4.99 Å². The van der Waals surface area contributed by atoms with Crippen LogP contribution in [0.25, 0.3) is 0 Å². The molecule has 1 aliphatic rings. The first kappa shape index (κ1) is 15.2. The molecule has 23 heavy (non-hydrogen) atoms. The van der Waals surface area contributed by atoms with Crippen LogP contribution < -0.4 is 5.32 Å². The summed E-state index contributed by atoms with van der Waals surface area (Å²) in [6, 6.07) is 11.4. The Morgan fingerprint density at radius 1 is 1.26 bits per heavy atom. The minimum Gasteiger partial charge on any atom is -0.478 e. The Morgan fingerprint density at radius 2 is 2.04 bits per heavy atom. The number of anilines is 1. The molecular formula is C17H12ClFN2O2. The third kappa shape index (κ3) is 3.24. The Kier molecular flexibility index (Phi) is 4.12. The summed E-state index contributed by atoms with van der Waals surface area (Å²) in [6.07, 6.45) is 1.05. The van der Waals surface area contributed by atoms with Crippen LogP contribution in [-0.2, 0) is 4.79 Å². The molecule has 2 aromatic rings. The fourth-order valence-electron chi connectivity index (χ4n) is 2.40. The van der Waals surface area contributed by atoms with E-state index in [9.17, 15) is 9.18 Å². The second kappa shape index (κ2) is 6.22. The Labute approximate surface area is 136 Å². The van der Waals surface area contributed by atoms with E-state index in [1.807, 2.05) is 0 Å². The lowest BCUT2D eigenvalue weighted by molar-refractivity contribution is -0.131. The average molecular weight is 331 g/mol. The van der Waals surface area contributed by atoms with Crippen LogP contribution in [0.2, 0.25) is 5.02 Å². The van der Waals surface area contributed by atoms with Gasteiger partial charge >= 0.3 is 5.97 Å². The molecule has 0 aliphatic carbocycles. The molecule has 0 aromatic heterocycles. The maximum absolute atomic E-state index is 14.2. The van der Waals surface area contributed by atoms with Crippen molar-refractivity contribution in [2.75, 3.05) is 11.9 Å². The van der Waals surface area contributed by atoms with E-state index >= 15 is 0 Å². The molecule has 2 N–H and O–H groups in total. The first-order chi connectivity index (χ1) is 11.0. The number of nitrogens with one attached hydrogen (secondary N) is 1. The van der Waals surface area contributed by atoms with Crippen LogP contribution >= 0.6 is 11.6 Å². The number of nitrogens with zero attached hydrogens (tertiary/aromatic N) is 1. The van der Waals surface area contributed by atoms with Gasteiger partial charge < -0.3 is 10.4 Å². The zero-order chi connectivity index (χ0) is 16.4. The van der Waals surface area contributed by atoms with Crippen LogP contribution in [0.3, 0.4) is 0 Å². The number of fused-ring (bicyclic) bond motifs is 1. The maximum Gasteiger partial charge on any atom is 0.330 e. The minimum absolute atomic E-state index is 0.0995. The van der Waals surface area contributed by atoms with E-state index in [0.717, 1.165) is 6.08 Å². The van der Waals surface area contributed by atoms with E-state index < -0.39 is 11.8 Å². The fourth-order valence-corrected chi connectivity index (χ4v) is 2.57. The number of hydrogen-bond donors (Lipinski definition) is 2. The molecule has 0 unspecified atom stereocenters. The zero-order valence-electron chi connectivity index (χ0n) is 11.9. The van der Waals surface area contributed by atoms with Crippen molar-refractivity contribution in [1.29, 1.82) is 0 Å². The fraction of sp³-hybridized carbons (Fsp3) is 0.0588. The summed E-state index contributed by atoms with van der Waals surface area (Å²) >= 11 is 6.06. The number of aliphatic imine (C=N–C) groups is 1. The second-order valence-electron chi connectivity index (χ2n) is 4.97. The smallest absolute Gasteiger partial charge is 0.330 e. The highest BCUT2D eigenvalue weighted by Crippen LogP contribution is 2.28. The number of carbonyl (C=O) groups is 1. The van der Waals surface area contributed by atoms with E-state index in [2.05, 4.69) is 10.3 Å². The summed E-state index contributed by atoms with van der Waals surface area (Å²) < 4.78 is 14.2. The largest absolute Gasteiger partial charge is 0.478 e. The molecule has 0 atom stereocenters. The minimum atomic E-state index is -1.08. The number of halogens is 2. The molecular weight excluding hydrogens is 319 g/mol. The van der Waals surface area contributed by atoms with E-state index in [1.54, 1.807) is 36.4 Å². The first-order valence-corrected chi connectivity index (χ1v) is 7.22. The number of benzodiazepines with no additional fused rings is 1. The van der Waals surface area contributed by atoms with Gasteiger partial charge in [-0.05, 0) is 30.3 Å². The molecule has 4 nitrogen and oxygen atoms in total. The lowest BCUT2D eigenvalue weighted by Crippen LogP contribution is -2.07. The third-order valence-electron chi connectivity index (χ3n) is 3.37. The lowest BCUT2D eigenvalue weighted by Gasteiger charge is -2.12. The van der Waals surface area contributed by atoms with Crippen LogP contribution in [-0.4, -0.2) is 23.3 Å². The molecule has 116 valence electrons. The van der Waals surface area contributed by atoms with Crippen LogP contribution in [0.4, 0.5) is 10.1 Å². The Morgan fingerprint density at radius 3 is 2.78 bits per heavy atom. The normalized spacial score (nSPS) is 15.4. The molecule has 1 aliphatic heterocycles. The van der Waals surface area contributed by atoms with Gasteiger partial charge in [0.25, 0.3) is 0 Å². The van der Waals surface area contributed by atoms with E-state index in [4.69, 9.17) is 16.7 Å². The van der Waals surface area contributed by atoms with E-state index in [-0.39, 0.29) is 6.54 Å². The van der Waals surface area contributed by atoms with Crippen LogP contribution in [0.1, 0.15) is 11.1 Å². The second-order valence-corrected chi connectivity index (χ2v) is 5.40. The topological polar surface area (TPSA) is 61.7 Å². The monoisotopic (exact) mass is 330 g/mol. The number of hydrogen-bond acceptors (Lipinski definition) is 3. The van der Waals surface area contributed by atoms with Crippen LogP contribution in [0.5, 0.6) is 0 Å². The predicted molar refractivity (Wildman–Crippen MR) is 87.7 cm³/mol. The number of rotatable bonds is 2. The summed E-state index contributed by atoms with van der Waals surface area (Å²) in [5.41, 5.74) is 2.43. The van der Waals surface area contributed by atoms with Crippen molar-refractivity contribution in [3.8, 4) is 0 Å². The first-order valence-electron chi connectivity index (χ1n) is 6.84. The SMILES string of the molecule is O=C(O)/C=C1/CN=C(c2ccccc2F)c2cc(Cl)ccc2N1. The highest BCUT2D eigenvalue weighted by molar-refractivity contribution is 6.31. The van der Waals surface area contributed by atoms with Crippen LogP contribution in [0, 0.1) is 5.82 Å². The number of carboxylic acids is 1. The molecule has 3 rings (SSSR count). The molecule has 0 radical (unpaired) electrons. The maximum atomic E-state index is 14.2. The average Bonchev–Trinajstić information content (AvgIpc) is 2.66. The molecule has 0 fully saturated rings. The summed E-state index contributed by atoms with van der Waals surface area (Å²) in [5, 5.41) is 12.4. The molecule has 1 heterocycles. The van der Waals surface area contributed by atoms with Gasteiger partial charge in [-0.3, -0.25) is 4.99 Å². The molecule has 2 aromatic carbocycles. The van der Waals surface area contributed by atoms with Crippen molar-refractivity contribution in [3.05, 3.63) is 76.2 Å². The molecule has 0 saturated carbocycles. The highest BCUT2D eigenvalue weighted by Gasteiger charge is 2.19. The standard InChI is InChI=1S/C17H12ClFN2O2/c18-10-5-6-15-13(7-10)17(12-3-1-2-4-14(12)19)20-9-11(21-15)8-16(22)23/h1-8,21H,9H2,(H,22,23)/b11-8-. The van der Waals surface area contributed by atoms with Gasteiger partial charge in [0.15, 0.2) is 0 Å². The Hall–Kier alpha value is -2.66. The van der Waals surface area contributed by atoms with Gasteiger partial charge in [-0.25, -0.2) is 9.18 Å². The number of benzene rings is 2. The summed E-state index contributed by atoms with van der Waals surface area (Å²) in [7, 11) is 0. The number of carboxylic acid groups (broad SMARTS) is 1. The van der Waals surface area contributed by atoms with Gasteiger partial charge in [0, 0.05) is 33.6 Å². The van der Waals surface area contributed by atoms with Gasteiger partial charge in [-0.2, -0.15) is 0 Å². The van der Waals surface area contributed by atoms with Gasteiger partial charge in [0.1, 0.15) is 5.82 Å². The van der Waals surface area contributed by atoms with Gasteiger partial charge in [0.2, 0.25) is 0 Å². The lowest BCUT2D eigenvalue weighted by atomic mass is 10.00. The van der Waals surface area contributed by atoms with Crippen molar-refractivity contribution in [2.45, 2.75) is 0 Å². The van der Waals surface area contributed by atoms with Gasteiger partial charge in [-0.15, -0.1) is 0 Å². The Bertz CT molecular complexity index is 846. The zero-order valence-corrected chi connectivity index (χ0v) is 12.6.